The summed E-state index contributed by atoms with van der Waals surface area (Å²) in [5, 5.41) is 10.6. The van der Waals surface area contributed by atoms with Gasteiger partial charge in [-0.05, 0) is 18.6 Å². The number of alkyl halides is 3. The molecule has 0 bridgehead atoms. The van der Waals surface area contributed by atoms with E-state index in [9.17, 15) is 36.1 Å². The minimum atomic E-state index is -4.55. The number of hydrogen-bond acceptors (Lipinski definition) is 4. The fourth-order valence-corrected chi connectivity index (χ4v) is 2.75. The number of nitro groups is 1. The molecule has 0 aliphatic heterocycles. The first-order valence-corrected chi connectivity index (χ1v) is 6.93. The normalized spacial score (nSPS) is 12.4. The maximum Gasteiger partial charge on any atom is 0.390 e. The predicted molar refractivity (Wildman–Crippen MR) is 63.7 cm³/mol. The summed E-state index contributed by atoms with van der Waals surface area (Å²) in [5.74, 6) is -1.23. The smallest absolute Gasteiger partial charge is 0.258 e. The molecule has 21 heavy (non-hydrogen) atoms. The topological polar surface area (TPSA) is 89.3 Å². The van der Waals surface area contributed by atoms with Crippen LogP contribution in [0.15, 0.2) is 17.0 Å². The van der Waals surface area contributed by atoms with E-state index >= 15 is 0 Å². The molecule has 0 saturated heterocycles. The van der Waals surface area contributed by atoms with Gasteiger partial charge in [0.25, 0.3) is 0 Å². The largest absolute Gasteiger partial charge is 0.390 e. The van der Waals surface area contributed by atoms with Crippen LogP contribution >= 0.6 is 0 Å². The van der Waals surface area contributed by atoms with Crippen molar-refractivity contribution in [2.75, 3.05) is 6.54 Å². The number of halogens is 4. The molecule has 0 fully saturated rings. The lowest BCUT2D eigenvalue weighted by atomic mass is 10.2. The SMILES string of the molecule is Cc1cc(F)c([N+](=O)[O-])cc1S(=O)(=O)NCCC(F)(F)F. The van der Waals surface area contributed by atoms with Crippen molar-refractivity contribution in [3.8, 4) is 0 Å². The summed E-state index contributed by atoms with van der Waals surface area (Å²) in [6.45, 7) is 0.252. The average Bonchev–Trinajstić information content (AvgIpc) is 2.25. The molecule has 0 unspecified atom stereocenters. The molecule has 1 aromatic rings. The van der Waals surface area contributed by atoms with Crippen LogP contribution in [0, 0.1) is 22.9 Å². The maximum absolute atomic E-state index is 13.3. The summed E-state index contributed by atoms with van der Waals surface area (Å²) < 4.78 is 74.4. The number of sulfonamides is 1. The van der Waals surface area contributed by atoms with Gasteiger partial charge in [-0.1, -0.05) is 0 Å². The van der Waals surface area contributed by atoms with Crippen LogP contribution in [-0.4, -0.2) is 26.1 Å². The highest BCUT2D eigenvalue weighted by atomic mass is 32.2. The van der Waals surface area contributed by atoms with Gasteiger partial charge >= 0.3 is 11.9 Å². The Kier molecular flexibility index (Phi) is 4.89. The Hall–Kier alpha value is -1.75. The summed E-state index contributed by atoms with van der Waals surface area (Å²) in [4.78, 5) is 8.80. The van der Waals surface area contributed by atoms with Crippen molar-refractivity contribution in [1.82, 2.24) is 4.72 Å². The molecule has 1 aromatic carbocycles. The molecule has 11 heteroatoms. The molecule has 1 N–H and O–H groups in total. The molecule has 0 aromatic heterocycles. The molecular formula is C10H10F4N2O4S. The van der Waals surface area contributed by atoms with E-state index in [1.807, 2.05) is 0 Å². The predicted octanol–water partition coefficient (Wildman–Crippen LogP) is 2.27. The van der Waals surface area contributed by atoms with Crippen LogP contribution < -0.4 is 4.72 Å². The zero-order chi connectivity index (χ0) is 16.4. The summed E-state index contributed by atoms with van der Waals surface area (Å²) in [5.41, 5.74) is -1.23. The van der Waals surface area contributed by atoms with Gasteiger partial charge in [-0.25, -0.2) is 13.1 Å². The van der Waals surface area contributed by atoms with Gasteiger partial charge in [0.2, 0.25) is 15.8 Å². The lowest BCUT2D eigenvalue weighted by molar-refractivity contribution is -0.387. The van der Waals surface area contributed by atoms with E-state index in [1.54, 1.807) is 4.72 Å². The van der Waals surface area contributed by atoms with Crippen LogP contribution in [0.3, 0.4) is 0 Å². The molecule has 0 spiro atoms. The van der Waals surface area contributed by atoms with E-state index in [1.165, 1.54) is 6.92 Å². The van der Waals surface area contributed by atoms with E-state index in [4.69, 9.17) is 0 Å². The quantitative estimate of drug-likeness (QED) is 0.509. The van der Waals surface area contributed by atoms with Gasteiger partial charge < -0.3 is 0 Å². The van der Waals surface area contributed by atoms with E-state index in [0.29, 0.717) is 12.1 Å². The minimum absolute atomic E-state index is 0.155. The first-order chi connectivity index (χ1) is 9.44. The van der Waals surface area contributed by atoms with Crippen LogP contribution in [0.4, 0.5) is 23.2 Å². The molecule has 0 aliphatic rings. The molecule has 1 rings (SSSR count). The number of aryl methyl sites for hydroxylation is 1. The van der Waals surface area contributed by atoms with E-state index in [0.717, 1.165) is 0 Å². The van der Waals surface area contributed by atoms with E-state index in [2.05, 4.69) is 0 Å². The Labute approximate surface area is 117 Å². The Morgan fingerprint density at radius 2 is 1.90 bits per heavy atom. The van der Waals surface area contributed by atoms with Gasteiger partial charge in [0, 0.05) is 12.6 Å². The number of benzene rings is 1. The third kappa shape index (κ3) is 4.63. The summed E-state index contributed by atoms with van der Waals surface area (Å²) in [7, 11) is -4.41. The Morgan fingerprint density at radius 1 is 1.33 bits per heavy atom. The Morgan fingerprint density at radius 3 is 2.38 bits per heavy atom. The fourth-order valence-electron chi connectivity index (χ4n) is 1.48. The molecule has 0 saturated carbocycles. The van der Waals surface area contributed by atoms with Crippen LogP contribution in [0.25, 0.3) is 0 Å². The number of rotatable bonds is 5. The summed E-state index contributed by atoms with van der Waals surface area (Å²) in [6, 6.07) is 1.11. The van der Waals surface area contributed by atoms with E-state index in [-0.39, 0.29) is 5.56 Å². The highest BCUT2D eigenvalue weighted by Crippen LogP contribution is 2.25. The number of nitrogens with one attached hydrogen (secondary N) is 1. The number of nitrogens with zero attached hydrogens (tertiary/aromatic N) is 1. The molecule has 6 nitrogen and oxygen atoms in total. The number of nitro benzene ring substituents is 1. The van der Waals surface area contributed by atoms with E-state index < -0.39 is 50.5 Å². The monoisotopic (exact) mass is 330 g/mol. The molecule has 0 heterocycles. The van der Waals surface area contributed by atoms with Crippen molar-refractivity contribution in [3.05, 3.63) is 33.6 Å². The van der Waals surface area contributed by atoms with Crippen LogP contribution in [-0.2, 0) is 10.0 Å². The van der Waals surface area contributed by atoms with Gasteiger partial charge in [-0.2, -0.15) is 17.6 Å². The van der Waals surface area contributed by atoms with Crippen molar-refractivity contribution in [2.24, 2.45) is 0 Å². The summed E-state index contributed by atoms with van der Waals surface area (Å²) in [6.07, 6.45) is -5.94. The van der Waals surface area contributed by atoms with Crippen LogP contribution in [0.2, 0.25) is 0 Å². The Bertz CT molecular complexity index is 658. The zero-order valence-corrected chi connectivity index (χ0v) is 11.4. The number of hydrogen-bond donors (Lipinski definition) is 1. The zero-order valence-electron chi connectivity index (χ0n) is 10.6. The standard InChI is InChI=1S/C10H10F4N2O4S/c1-6-4-7(11)8(16(17)18)5-9(6)21(19,20)15-3-2-10(12,13)14/h4-5,15H,2-3H2,1H3. The van der Waals surface area contributed by atoms with Crippen molar-refractivity contribution >= 4 is 15.7 Å². The van der Waals surface area contributed by atoms with Crippen molar-refractivity contribution < 1.29 is 30.9 Å². The lowest BCUT2D eigenvalue weighted by Crippen LogP contribution is -2.28. The fraction of sp³-hybridized carbons (Fsp3) is 0.400. The molecule has 118 valence electrons. The average molecular weight is 330 g/mol. The first kappa shape index (κ1) is 17.3. The molecule has 0 aliphatic carbocycles. The second kappa shape index (κ2) is 5.93. The van der Waals surface area contributed by atoms with Crippen molar-refractivity contribution in [1.29, 1.82) is 0 Å². The van der Waals surface area contributed by atoms with Crippen molar-refractivity contribution in [2.45, 2.75) is 24.4 Å². The summed E-state index contributed by atoms with van der Waals surface area (Å²) >= 11 is 0. The van der Waals surface area contributed by atoms with Crippen LogP contribution in [0.1, 0.15) is 12.0 Å². The minimum Gasteiger partial charge on any atom is -0.258 e. The van der Waals surface area contributed by atoms with Crippen molar-refractivity contribution in [3.63, 3.8) is 0 Å². The molecule has 0 amide bonds. The molecule has 0 atom stereocenters. The second-order valence-corrected chi connectivity index (χ2v) is 5.82. The highest BCUT2D eigenvalue weighted by molar-refractivity contribution is 7.89. The van der Waals surface area contributed by atoms with Gasteiger partial charge in [0.05, 0.1) is 16.2 Å². The maximum atomic E-state index is 13.3. The van der Waals surface area contributed by atoms with Gasteiger partial charge in [0.15, 0.2) is 0 Å². The van der Waals surface area contributed by atoms with Gasteiger partial charge in [-0.3, -0.25) is 10.1 Å². The van der Waals surface area contributed by atoms with Crippen LogP contribution in [0.5, 0.6) is 0 Å². The highest BCUT2D eigenvalue weighted by Gasteiger charge is 2.29. The first-order valence-electron chi connectivity index (χ1n) is 5.45. The Balaban J connectivity index is 3.08. The molecule has 0 radical (unpaired) electrons. The lowest BCUT2D eigenvalue weighted by Gasteiger charge is -2.10. The second-order valence-electron chi connectivity index (χ2n) is 4.09. The third-order valence-corrected chi connectivity index (χ3v) is 4.03. The van der Waals surface area contributed by atoms with Gasteiger partial charge in [0.1, 0.15) is 0 Å². The molecular weight excluding hydrogens is 320 g/mol. The van der Waals surface area contributed by atoms with Gasteiger partial charge in [-0.15, -0.1) is 0 Å². The third-order valence-electron chi connectivity index (χ3n) is 2.43.